The number of nitrogens with zero attached hydrogens (tertiary/aromatic N) is 3. The minimum absolute atomic E-state index is 0.0262. The fourth-order valence-electron chi connectivity index (χ4n) is 3.38. The van der Waals surface area contributed by atoms with Crippen molar-refractivity contribution >= 4 is 23.6 Å². The second-order valence-electron chi connectivity index (χ2n) is 6.34. The number of likely N-dealkylation sites (tertiary alicyclic amines) is 1. The van der Waals surface area contributed by atoms with Crippen LogP contribution in [0.4, 0.5) is 11.8 Å². The van der Waals surface area contributed by atoms with Crippen molar-refractivity contribution in [2.24, 2.45) is 0 Å². The summed E-state index contributed by atoms with van der Waals surface area (Å²) >= 11 is 0. The SMILES string of the molecule is Nc1nc(N)c2c(n1)O[C@@]1(CCCN(C(=O)CCC(=O)O)CC1)C2. The molecule has 2 aliphatic heterocycles. The van der Waals surface area contributed by atoms with Crippen LogP contribution in [0.3, 0.4) is 0 Å². The number of nitrogen functional groups attached to an aromatic ring is 2. The number of rotatable bonds is 3. The lowest BCUT2D eigenvalue weighted by Gasteiger charge is -2.27. The maximum absolute atomic E-state index is 12.1. The molecular formula is C15H21N5O4. The van der Waals surface area contributed by atoms with Gasteiger partial charge in [-0.25, -0.2) is 0 Å². The number of nitrogens with two attached hydrogens (primary N) is 2. The molecule has 5 N–H and O–H groups in total. The molecule has 0 aromatic carbocycles. The first kappa shape index (κ1) is 16.3. The van der Waals surface area contributed by atoms with Crippen LogP contribution in [0.2, 0.25) is 0 Å². The summed E-state index contributed by atoms with van der Waals surface area (Å²) in [6.07, 6.45) is 2.67. The number of hydrogen-bond donors (Lipinski definition) is 3. The topological polar surface area (TPSA) is 145 Å². The lowest BCUT2D eigenvalue weighted by atomic mass is 9.90. The number of anilines is 2. The van der Waals surface area contributed by atoms with Crippen LogP contribution in [-0.2, 0) is 16.0 Å². The third-order valence-corrected chi connectivity index (χ3v) is 4.63. The highest BCUT2D eigenvalue weighted by Gasteiger charge is 2.43. The van der Waals surface area contributed by atoms with Crippen molar-refractivity contribution in [1.82, 2.24) is 14.9 Å². The van der Waals surface area contributed by atoms with E-state index in [1.807, 2.05) is 0 Å². The number of carboxylic acid groups (broad SMARTS) is 1. The van der Waals surface area contributed by atoms with Crippen molar-refractivity contribution in [3.63, 3.8) is 0 Å². The number of carbonyl (C=O) groups is 2. The highest BCUT2D eigenvalue weighted by molar-refractivity contribution is 5.80. The van der Waals surface area contributed by atoms with Crippen LogP contribution in [0.25, 0.3) is 0 Å². The number of carboxylic acids is 1. The first-order valence-corrected chi connectivity index (χ1v) is 7.99. The first-order valence-electron chi connectivity index (χ1n) is 7.99. The number of hydrogen-bond acceptors (Lipinski definition) is 7. The Morgan fingerprint density at radius 2 is 2.00 bits per heavy atom. The molecule has 130 valence electrons. The van der Waals surface area contributed by atoms with E-state index in [0.29, 0.717) is 37.6 Å². The molecule has 1 fully saturated rings. The highest BCUT2D eigenvalue weighted by atomic mass is 16.5. The third kappa shape index (κ3) is 3.19. The number of fused-ring (bicyclic) bond motifs is 1. The van der Waals surface area contributed by atoms with E-state index < -0.39 is 11.6 Å². The molecule has 1 atom stereocenters. The van der Waals surface area contributed by atoms with Gasteiger partial charge < -0.3 is 26.2 Å². The summed E-state index contributed by atoms with van der Waals surface area (Å²) < 4.78 is 6.06. The van der Waals surface area contributed by atoms with Gasteiger partial charge >= 0.3 is 5.97 Å². The molecule has 3 heterocycles. The quantitative estimate of drug-likeness (QED) is 0.710. The van der Waals surface area contributed by atoms with Crippen LogP contribution < -0.4 is 16.2 Å². The maximum Gasteiger partial charge on any atom is 0.303 e. The Balaban J connectivity index is 1.67. The van der Waals surface area contributed by atoms with Crippen LogP contribution in [0.1, 0.15) is 37.7 Å². The monoisotopic (exact) mass is 335 g/mol. The van der Waals surface area contributed by atoms with E-state index in [9.17, 15) is 9.59 Å². The molecule has 0 saturated carbocycles. The Kier molecular flexibility index (Phi) is 4.16. The van der Waals surface area contributed by atoms with Gasteiger partial charge in [-0.15, -0.1) is 0 Å². The standard InChI is InChI=1S/C15H21N5O4/c16-12-9-8-15(24-13(9)19-14(17)18-12)4-1-6-20(7-5-15)10(21)2-3-11(22)23/h1-8H2,(H,22,23)(H4,16,17,18,19)/t15-/m1/s1. The van der Waals surface area contributed by atoms with Crippen molar-refractivity contribution in [3.8, 4) is 5.88 Å². The normalized spacial score (nSPS) is 22.8. The van der Waals surface area contributed by atoms with Crippen molar-refractivity contribution < 1.29 is 19.4 Å². The zero-order valence-electron chi connectivity index (χ0n) is 13.3. The zero-order chi connectivity index (χ0) is 17.3. The summed E-state index contributed by atoms with van der Waals surface area (Å²) in [5.41, 5.74) is 11.9. The molecule has 0 unspecified atom stereocenters. The molecule has 0 radical (unpaired) electrons. The van der Waals surface area contributed by atoms with E-state index in [2.05, 4.69) is 9.97 Å². The summed E-state index contributed by atoms with van der Waals surface area (Å²) in [6, 6.07) is 0. The maximum atomic E-state index is 12.1. The first-order chi connectivity index (χ1) is 11.4. The molecule has 24 heavy (non-hydrogen) atoms. The Hall–Kier alpha value is -2.58. The van der Waals surface area contributed by atoms with E-state index in [1.54, 1.807) is 4.90 Å². The Bertz CT molecular complexity index is 680. The van der Waals surface area contributed by atoms with Crippen LogP contribution in [0.5, 0.6) is 5.88 Å². The van der Waals surface area contributed by atoms with Gasteiger partial charge in [-0.1, -0.05) is 0 Å². The molecule has 1 saturated heterocycles. The summed E-state index contributed by atoms with van der Waals surface area (Å²) in [5, 5.41) is 8.71. The van der Waals surface area contributed by atoms with Crippen molar-refractivity contribution in [3.05, 3.63) is 5.56 Å². The van der Waals surface area contributed by atoms with Gasteiger partial charge in [-0.2, -0.15) is 9.97 Å². The third-order valence-electron chi connectivity index (χ3n) is 4.63. The summed E-state index contributed by atoms with van der Waals surface area (Å²) in [6.45, 7) is 1.12. The lowest BCUT2D eigenvalue weighted by molar-refractivity contribution is -0.140. The lowest BCUT2D eigenvalue weighted by Crippen LogP contribution is -2.37. The van der Waals surface area contributed by atoms with Crippen LogP contribution in [-0.4, -0.2) is 50.5 Å². The molecule has 9 nitrogen and oxygen atoms in total. The fourth-order valence-corrected chi connectivity index (χ4v) is 3.38. The minimum atomic E-state index is -0.962. The highest BCUT2D eigenvalue weighted by Crippen LogP contribution is 2.42. The van der Waals surface area contributed by atoms with Crippen molar-refractivity contribution in [2.75, 3.05) is 24.6 Å². The van der Waals surface area contributed by atoms with E-state index in [1.165, 1.54) is 0 Å². The Morgan fingerprint density at radius 3 is 2.75 bits per heavy atom. The molecule has 1 aromatic heterocycles. The number of amides is 1. The zero-order valence-corrected chi connectivity index (χ0v) is 13.3. The fraction of sp³-hybridized carbons (Fsp3) is 0.600. The molecule has 9 heteroatoms. The molecule has 0 aliphatic carbocycles. The second-order valence-corrected chi connectivity index (χ2v) is 6.34. The molecule has 3 rings (SSSR count). The van der Waals surface area contributed by atoms with E-state index in [4.69, 9.17) is 21.3 Å². The van der Waals surface area contributed by atoms with Gasteiger partial charge in [0.15, 0.2) is 0 Å². The Morgan fingerprint density at radius 1 is 1.21 bits per heavy atom. The Labute approximate surface area is 139 Å². The van der Waals surface area contributed by atoms with Crippen molar-refractivity contribution in [2.45, 2.75) is 44.1 Å². The summed E-state index contributed by atoms with van der Waals surface area (Å²) in [7, 11) is 0. The molecular weight excluding hydrogens is 314 g/mol. The molecule has 0 bridgehead atoms. The van der Waals surface area contributed by atoms with Crippen LogP contribution in [0.15, 0.2) is 0 Å². The van der Waals surface area contributed by atoms with E-state index >= 15 is 0 Å². The van der Waals surface area contributed by atoms with Crippen LogP contribution >= 0.6 is 0 Å². The predicted molar refractivity (Wildman–Crippen MR) is 85.2 cm³/mol. The van der Waals surface area contributed by atoms with Crippen LogP contribution in [0, 0.1) is 0 Å². The summed E-state index contributed by atoms with van der Waals surface area (Å²) in [4.78, 5) is 32.6. The van der Waals surface area contributed by atoms with E-state index in [0.717, 1.165) is 18.4 Å². The van der Waals surface area contributed by atoms with Crippen molar-refractivity contribution in [1.29, 1.82) is 0 Å². The largest absolute Gasteiger partial charge is 0.481 e. The summed E-state index contributed by atoms with van der Waals surface area (Å²) in [5.74, 6) is -0.231. The molecule has 1 spiro atoms. The number of ether oxygens (including phenoxy) is 1. The smallest absolute Gasteiger partial charge is 0.303 e. The average Bonchev–Trinajstić information content (AvgIpc) is 2.73. The predicted octanol–water partition coefficient (Wildman–Crippen LogP) is 0.192. The number of aromatic nitrogens is 2. The van der Waals surface area contributed by atoms with Gasteiger partial charge in [-0.3, -0.25) is 9.59 Å². The molecule has 1 amide bonds. The van der Waals surface area contributed by atoms with Gasteiger partial charge in [0.1, 0.15) is 11.4 Å². The molecule has 1 aromatic rings. The average molecular weight is 335 g/mol. The van der Waals surface area contributed by atoms with Gasteiger partial charge in [0.25, 0.3) is 0 Å². The second kappa shape index (κ2) is 6.14. The number of aliphatic carboxylic acids is 1. The van der Waals surface area contributed by atoms with E-state index in [-0.39, 0.29) is 24.7 Å². The van der Waals surface area contributed by atoms with Gasteiger partial charge in [0, 0.05) is 32.4 Å². The minimum Gasteiger partial charge on any atom is -0.481 e. The molecule has 2 aliphatic rings. The van der Waals surface area contributed by atoms with Gasteiger partial charge in [0.05, 0.1) is 12.0 Å². The number of carbonyl (C=O) groups excluding carboxylic acids is 1. The van der Waals surface area contributed by atoms with Gasteiger partial charge in [-0.05, 0) is 12.8 Å². The van der Waals surface area contributed by atoms with Gasteiger partial charge in [0.2, 0.25) is 17.7 Å².